The minimum Gasteiger partial charge on any atom is -0.352 e. The molecule has 1 saturated heterocycles. The Morgan fingerprint density at radius 2 is 1.86 bits per heavy atom. The predicted molar refractivity (Wildman–Crippen MR) is 105 cm³/mol. The standard InChI is InChI=1S/C21H20N6O/c1-16-14-24-27(15-16)19-6-4-17(5-7-19)21(28)26-11-9-25(10-12-26)20-18(13-22)3-2-8-23-20/h2-8,14-15H,9-12H2,1H3. The Morgan fingerprint density at radius 3 is 2.50 bits per heavy atom. The molecule has 0 bridgehead atoms. The topological polar surface area (TPSA) is 78.1 Å². The van der Waals surface area contributed by atoms with E-state index in [0.29, 0.717) is 43.1 Å². The van der Waals surface area contributed by atoms with Crippen molar-refractivity contribution in [3.8, 4) is 11.8 Å². The number of carbonyl (C=O) groups is 1. The number of benzene rings is 1. The van der Waals surface area contributed by atoms with Crippen LogP contribution in [0.1, 0.15) is 21.5 Å². The zero-order valence-corrected chi connectivity index (χ0v) is 15.6. The average molecular weight is 372 g/mol. The summed E-state index contributed by atoms with van der Waals surface area (Å²) >= 11 is 0. The number of rotatable bonds is 3. The summed E-state index contributed by atoms with van der Waals surface area (Å²) in [5.74, 6) is 0.709. The Balaban J connectivity index is 1.42. The summed E-state index contributed by atoms with van der Waals surface area (Å²) < 4.78 is 1.79. The molecule has 1 amide bonds. The number of aryl methyl sites for hydroxylation is 1. The summed E-state index contributed by atoms with van der Waals surface area (Å²) in [5, 5.41) is 13.5. The average Bonchev–Trinajstić information content (AvgIpc) is 3.20. The first-order valence-electron chi connectivity index (χ1n) is 9.17. The maximum absolute atomic E-state index is 12.8. The summed E-state index contributed by atoms with van der Waals surface area (Å²) in [6, 6.07) is 13.2. The van der Waals surface area contributed by atoms with Gasteiger partial charge in [-0.1, -0.05) is 0 Å². The lowest BCUT2D eigenvalue weighted by molar-refractivity contribution is 0.0746. The van der Waals surface area contributed by atoms with Gasteiger partial charge in [0.25, 0.3) is 5.91 Å². The first-order valence-corrected chi connectivity index (χ1v) is 9.17. The van der Waals surface area contributed by atoms with E-state index in [1.54, 1.807) is 29.2 Å². The molecule has 0 saturated carbocycles. The van der Waals surface area contributed by atoms with E-state index < -0.39 is 0 Å². The van der Waals surface area contributed by atoms with Crippen molar-refractivity contribution in [2.75, 3.05) is 31.1 Å². The summed E-state index contributed by atoms with van der Waals surface area (Å²) in [6.45, 7) is 4.50. The molecule has 3 aromatic rings. The van der Waals surface area contributed by atoms with Crippen LogP contribution >= 0.6 is 0 Å². The monoisotopic (exact) mass is 372 g/mol. The highest BCUT2D eigenvalue weighted by atomic mass is 16.2. The molecule has 0 spiro atoms. The molecule has 1 aliphatic rings. The SMILES string of the molecule is Cc1cnn(-c2ccc(C(=O)N3CCN(c4ncccc4C#N)CC3)cc2)c1. The smallest absolute Gasteiger partial charge is 0.253 e. The molecule has 140 valence electrons. The molecule has 4 rings (SSSR count). The molecule has 7 nitrogen and oxygen atoms in total. The van der Waals surface area contributed by atoms with Gasteiger partial charge in [-0.3, -0.25) is 4.79 Å². The molecule has 7 heteroatoms. The van der Waals surface area contributed by atoms with Crippen molar-refractivity contribution in [3.63, 3.8) is 0 Å². The molecule has 1 aromatic carbocycles. The first kappa shape index (κ1) is 17.7. The fraction of sp³-hybridized carbons (Fsp3) is 0.238. The lowest BCUT2D eigenvalue weighted by Crippen LogP contribution is -2.49. The molecule has 0 N–H and O–H groups in total. The minimum absolute atomic E-state index is 0.0179. The van der Waals surface area contributed by atoms with Crippen molar-refractivity contribution >= 4 is 11.7 Å². The van der Waals surface area contributed by atoms with Crippen LogP contribution in [0.5, 0.6) is 0 Å². The molecular formula is C21H20N6O. The number of piperazine rings is 1. The number of hydrogen-bond acceptors (Lipinski definition) is 5. The van der Waals surface area contributed by atoms with E-state index in [2.05, 4.69) is 21.1 Å². The fourth-order valence-corrected chi connectivity index (χ4v) is 3.35. The van der Waals surface area contributed by atoms with Crippen molar-refractivity contribution < 1.29 is 4.79 Å². The number of amides is 1. The van der Waals surface area contributed by atoms with Crippen LogP contribution in [0, 0.1) is 18.3 Å². The van der Waals surface area contributed by atoms with Gasteiger partial charge in [0, 0.05) is 44.1 Å². The number of nitrogens with zero attached hydrogens (tertiary/aromatic N) is 6. The summed E-state index contributed by atoms with van der Waals surface area (Å²) in [4.78, 5) is 21.1. The highest BCUT2D eigenvalue weighted by molar-refractivity contribution is 5.94. The number of carbonyl (C=O) groups excluding carboxylic acids is 1. The molecule has 1 fully saturated rings. The minimum atomic E-state index is 0.0179. The van der Waals surface area contributed by atoms with E-state index in [0.717, 1.165) is 11.3 Å². The highest BCUT2D eigenvalue weighted by Gasteiger charge is 2.24. The van der Waals surface area contributed by atoms with E-state index >= 15 is 0 Å². The lowest BCUT2D eigenvalue weighted by atomic mass is 10.1. The second-order valence-electron chi connectivity index (χ2n) is 6.77. The lowest BCUT2D eigenvalue weighted by Gasteiger charge is -2.35. The predicted octanol–water partition coefficient (Wildman–Crippen LogP) is 2.41. The number of aromatic nitrogens is 3. The number of anilines is 1. The number of hydrogen-bond donors (Lipinski definition) is 0. The maximum atomic E-state index is 12.8. The van der Waals surface area contributed by atoms with Crippen LogP contribution in [-0.4, -0.2) is 51.8 Å². The van der Waals surface area contributed by atoms with E-state index in [4.69, 9.17) is 0 Å². The summed E-state index contributed by atoms with van der Waals surface area (Å²) in [6.07, 6.45) is 5.44. The van der Waals surface area contributed by atoms with Gasteiger partial charge in [-0.25, -0.2) is 9.67 Å². The second kappa shape index (κ2) is 7.53. The quantitative estimate of drug-likeness (QED) is 0.705. The Labute approximate surface area is 163 Å². The Bertz CT molecular complexity index is 1030. The van der Waals surface area contributed by atoms with Crippen LogP contribution < -0.4 is 4.90 Å². The number of nitriles is 1. The van der Waals surface area contributed by atoms with Crippen LogP contribution in [0.15, 0.2) is 55.0 Å². The third-order valence-electron chi connectivity index (χ3n) is 4.86. The third kappa shape index (κ3) is 3.45. The molecule has 28 heavy (non-hydrogen) atoms. The van der Waals surface area contributed by atoms with Gasteiger partial charge < -0.3 is 9.80 Å². The molecule has 0 atom stereocenters. The molecule has 1 aliphatic heterocycles. The Kier molecular flexibility index (Phi) is 4.77. The fourth-order valence-electron chi connectivity index (χ4n) is 3.35. The zero-order chi connectivity index (χ0) is 19.5. The summed E-state index contributed by atoms with van der Waals surface area (Å²) in [5.41, 5.74) is 3.24. The van der Waals surface area contributed by atoms with Crippen LogP contribution in [-0.2, 0) is 0 Å². The van der Waals surface area contributed by atoms with Gasteiger partial charge in [0.15, 0.2) is 0 Å². The van der Waals surface area contributed by atoms with Gasteiger partial charge >= 0.3 is 0 Å². The van der Waals surface area contributed by atoms with Crippen molar-refractivity contribution in [1.29, 1.82) is 5.26 Å². The van der Waals surface area contributed by atoms with Gasteiger partial charge in [-0.05, 0) is 48.9 Å². The van der Waals surface area contributed by atoms with Gasteiger partial charge in [0.05, 0.1) is 17.4 Å². The van der Waals surface area contributed by atoms with Crippen LogP contribution in [0.4, 0.5) is 5.82 Å². The summed E-state index contributed by atoms with van der Waals surface area (Å²) in [7, 11) is 0. The second-order valence-corrected chi connectivity index (χ2v) is 6.77. The van der Waals surface area contributed by atoms with Crippen LogP contribution in [0.25, 0.3) is 5.69 Å². The first-order chi connectivity index (χ1) is 13.7. The van der Waals surface area contributed by atoms with E-state index in [-0.39, 0.29) is 5.91 Å². The molecule has 0 unspecified atom stereocenters. The molecular weight excluding hydrogens is 352 g/mol. The zero-order valence-electron chi connectivity index (χ0n) is 15.6. The van der Waals surface area contributed by atoms with E-state index in [1.165, 1.54) is 0 Å². The third-order valence-corrected chi connectivity index (χ3v) is 4.86. The maximum Gasteiger partial charge on any atom is 0.253 e. The van der Waals surface area contributed by atoms with Crippen molar-refractivity contribution in [1.82, 2.24) is 19.7 Å². The molecule has 2 aromatic heterocycles. The van der Waals surface area contributed by atoms with Crippen molar-refractivity contribution in [2.45, 2.75) is 6.92 Å². The van der Waals surface area contributed by atoms with Crippen molar-refractivity contribution in [2.24, 2.45) is 0 Å². The Hall–Kier alpha value is -3.66. The van der Waals surface area contributed by atoms with Gasteiger partial charge in [0.1, 0.15) is 11.9 Å². The van der Waals surface area contributed by atoms with Crippen LogP contribution in [0.3, 0.4) is 0 Å². The van der Waals surface area contributed by atoms with Gasteiger partial charge in [0.2, 0.25) is 0 Å². The highest BCUT2D eigenvalue weighted by Crippen LogP contribution is 2.19. The van der Waals surface area contributed by atoms with Gasteiger partial charge in [-0.2, -0.15) is 10.4 Å². The van der Waals surface area contributed by atoms with Gasteiger partial charge in [-0.15, -0.1) is 0 Å². The normalized spacial score (nSPS) is 14.0. The largest absolute Gasteiger partial charge is 0.352 e. The molecule has 0 aliphatic carbocycles. The molecule has 0 radical (unpaired) electrons. The van der Waals surface area contributed by atoms with Crippen LogP contribution in [0.2, 0.25) is 0 Å². The molecule has 3 heterocycles. The van der Waals surface area contributed by atoms with E-state index in [9.17, 15) is 10.1 Å². The number of pyridine rings is 1. The van der Waals surface area contributed by atoms with Crippen molar-refractivity contribution in [3.05, 3.63) is 71.7 Å². The Morgan fingerprint density at radius 1 is 1.11 bits per heavy atom. The van der Waals surface area contributed by atoms with E-state index in [1.807, 2.05) is 42.3 Å².